The Morgan fingerprint density at radius 1 is 1.58 bits per heavy atom. The summed E-state index contributed by atoms with van der Waals surface area (Å²) in [6, 6.07) is 4.35. The molecule has 0 unspecified atom stereocenters. The highest BCUT2D eigenvalue weighted by Crippen LogP contribution is 2.15. The second kappa shape index (κ2) is 3.49. The van der Waals surface area contributed by atoms with Crippen molar-refractivity contribution < 1.29 is 9.13 Å². The first-order valence-corrected chi connectivity index (χ1v) is 3.69. The van der Waals surface area contributed by atoms with Crippen molar-refractivity contribution in [2.75, 3.05) is 7.11 Å². The summed E-state index contributed by atoms with van der Waals surface area (Å²) in [5.41, 5.74) is 5.50. The van der Waals surface area contributed by atoms with Crippen molar-refractivity contribution in [3.63, 3.8) is 0 Å². The molecule has 0 aliphatic rings. The third-order valence-corrected chi connectivity index (χ3v) is 1.66. The molecule has 2 nitrogen and oxygen atoms in total. The first-order valence-electron chi connectivity index (χ1n) is 3.28. The highest BCUT2D eigenvalue weighted by atomic mass is 32.1. The van der Waals surface area contributed by atoms with Gasteiger partial charge in [0, 0.05) is 11.6 Å². The summed E-state index contributed by atoms with van der Waals surface area (Å²) in [5, 5.41) is 0. The van der Waals surface area contributed by atoms with Crippen molar-refractivity contribution in [1.82, 2.24) is 0 Å². The van der Waals surface area contributed by atoms with Gasteiger partial charge in [0.25, 0.3) is 0 Å². The van der Waals surface area contributed by atoms with E-state index in [-0.39, 0.29) is 10.6 Å². The minimum absolute atomic E-state index is 0.0511. The zero-order valence-electron chi connectivity index (χ0n) is 6.50. The lowest BCUT2D eigenvalue weighted by molar-refractivity contribution is 0.411. The van der Waals surface area contributed by atoms with Crippen LogP contribution in [0.5, 0.6) is 5.75 Å². The van der Waals surface area contributed by atoms with E-state index in [0.29, 0.717) is 5.75 Å². The second-order valence-corrected chi connectivity index (χ2v) is 2.65. The number of methoxy groups -OCH3 is 1. The SMILES string of the molecule is COc1ccc(C(N)=S)c(F)c1. The van der Waals surface area contributed by atoms with Crippen LogP contribution in [0.3, 0.4) is 0 Å². The lowest BCUT2D eigenvalue weighted by Crippen LogP contribution is -2.11. The fourth-order valence-electron chi connectivity index (χ4n) is 0.823. The van der Waals surface area contributed by atoms with E-state index in [4.69, 9.17) is 10.5 Å². The van der Waals surface area contributed by atoms with Crippen molar-refractivity contribution in [2.24, 2.45) is 5.73 Å². The van der Waals surface area contributed by atoms with Gasteiger partial charge in [-0.05, 0) is 12.1 Å². The molecule has 0 bridgehead atoms. The number of hydrogen-bond donors (Lipinski definition) is 1. The molecule has 0 saturated heterocycles. The summed E-state index contributed by atoms with van der Waals surface area (Å²) in [5.74, 6) is -0.00523. The van der Waals surface area contributed by atoms with Gasteiger partial charge in [-0.15, -0.1) is 0 Å². The predicted molar refractivity (Wildman–Crippen MR) is 48.8 cm³/mol. The average molecular weight is 185 g/mol. The lowest BCUT2D eigenvalue weighted by atomic mass is 10.2. The van der Waals surface area contributed by atoms with Gasteiger partial charge in [0.15, 0.2) is 0 Å². The molecule has 0 spiro atoms. The molecule has 64 valence electrons. The molecule has 0 fully saturated rings. The van der Waals surface area contributed by atoms with Crippen LogP contribution < -0.4 is 10.5 Å². The van der Waals surface area contributed by atoms with Gasteiger partial charge in [0.2, 0.25) is 0 Å². The highest BCUT2D eigenvalue weighted by molar-refractivity contribution is 7.80. The monoisotopic (exact) mass is 185 g/mol. The van der Waals surface area contributed by atoms with Crippen LogP contribution in [0.25, 0.3) is 0 Å². The minimum atomic E-state index is -0.457. The Morgan fingerprint density at radius 3 is 2.67 bits per heavy atom. The van der Waals surface area contributed by atoms with Crippen LogP contribution in [0.1, 0.15) is 5.56 Å². The van der Waals surface area contributed by atoms with E-state index in [9.17, 15) is 4.39 Å². The van der Waals surface area contributed by atoms with Gasteiger partial charge < -0.3 is 10.5 Å². The molecule has 0 aromatic heterocycles. The zero-order valence-corrected chi connectivity index (χ0v) is 7.32. The average Bonchev–Trinajstić information content (AvgIpc) is 2.03. The van der Waals surface area contributed by atoms with E-state index in [1.807, 2.05) is 0 Å². The third kappa shape index (κ3) is 1.71. The van der Waals surface area contributed by atoms with Gasteiger partial charge in [-0.25, -0.2) is 4.39 Å². The maximum atomic E-state index is 13.0. The Hall–Kier alpha value is -1.16. The van der Waals surface area contributed by atoms with E-state index < -0.39 is 5.82 Å². The molecule has 0 aliphatic carbocycles. The second-order valence-electron chi connectivity index (χ2n) is 2.21. The quantitative estimate of drug-likeness (QED) is 0.708. The number of ether oxygens (including phenoxy) is 1. The van der Waals surface area contributed by atoms with Crippen LogP contribution in [0.15, 0.2) is 18.2 Å². The van der Waals surface area contributed by atoms with Crippen LogP contribution in [0, 0.1) is 5.82 Å². The number of rotatable bonds is 2. The van der Waals surface area contributed by atoms with E-state index >= 15 is 0 Å². The van der Waals surface area contributed by atoms with Crippen LogP contribution in [0.4, 0.5) is 4.39 Å². The van der Waals surface area contributed by atoms with Gasteiger partial charge in [-0.2, -0.15) is 0 Å². The molecule has 0 atom stereocenters. The normalized spacial score (nSPS) is 9.50. The lowest BCUT2D eigenvalue weighted by Gasteiger charge is -2.02. The van der Waals surface area contributed by atoms with Crippen molar-refractivity contribution in [2.45, 2.75) is 0 Å². The molecular formula is C8H8FNOS. The number of nitrogens with two attached hydrogens (primary N) is 1. The molecule has 1 aromatic carbocycles. The number of halogens is 1. The molecule has 0 radical (unpaired) electrons. The Bertz CT molecular complexity index is 314. The summed E-state index contributed by atoms with van der Waals surface area (Å²) < 4.78 is 17.8. The van der Waals surface area contributed by atoms with Crippen LogP contribution in [-0.4, -0.2) is 12.1 Å². The van der Waals surface area contributed by atoms with E-state index in [2.05, 4.69) is 12.2 Å². The fourth-order valence-corrected chi connectivity index (χ4v) is 0.988. The zero-order chi connectivity index (χ0) is 9.14. The van der Waals surface area contributed by atoms with E-state index in [1.165, 1.54) is 19.2 Å². The van der Waals surface area contributed by atoms with Crippen LogP contribution in [0.2, 0.25) is 0 Å². The van der Waals surface area contributed by atoms with Crippen molar-refractivity contribution in [1.29, 1.82) is 0 Å². The molecular weight excluding hydrogens is 177 g/mol. The molecule has 1 aromatic rings. The van der Waals surface area contributed by atoms with Gasteiger partial charge in [0.1, 0.15) is 16.6 Å². The number of thiocarbonyl (C=S) groups is 1. The largest absolute Gasteiger partial charge is 0.497 e. The standard InChI is InChI=1S/C8H8FNOS/c1-11-5-2-3-6(8(10)12)7(9)4-5/h2-4H,1H3,(H2,10,12). The molecule has 0 heterocycles. The van der Waals surface area contributed by atoms with Crippen LogP contribution in [-0.2, 0) is 0 Å². The summed E-state index contributed by atoms with van der Waals surface area (Å²) in [6.45, 7) is 0. The Morgan fingerprint density at radius 2 is 2.25 bits per heavy atom. The molecule has 4 heteroatoms. The topological polar surface area (TPSA) is 35.2 Å². The van der Waals surface area contributed by atoms with Gasteiger partial charge in [0.05, 0.1) is 7.11 Å². The summed E-state index contributed by atoms with van der Waals surface area (Å²) in [7, 11) is 1.47. The van der Waals surface area contributed by atoms with Gasteiger partial charge >= 0.3 is 0 Å². The highest BCUT2D eigenvalue weighted by Gasteiger charge is 2.05. The number of benzene rings is 1. The fraction of sp³-hybridized carbons (Fsp3) is 0.125. The van der Waals surface area contributed by atoms with Crippen LogP contribution >= 0.6 is 12.2 Å². The minimum Gasteiger partial charge on any atom is -0.497 e. The molecule has 0 saturated carbocycles. The van der Waals surface area contributed by atoms with Crippen molar-refractivity contribution >= 4 is 17.2 Å². The Kier molecular flexibility index (Phi) is 2.60. The van der Waals surface area contributed by atoms with E-state index in [1.54, 1.807) is 6.07 Å². The molecule has 12 heavy (non-hydrogen) atoms. The van der Waals surface area contributed by atoms with Gasteiger partial charge in [-0.1, -0.05) is 12.2 Å². The maximum absolute atomic E-state index is 13.0. The van der Waals surface area contributed by atoms with Crippen molar-refractivity contribution in [3.05, 3.63) is 29.6 Å². The van der Waals surface area contributed by atoms with Gasteiger partial charge in [-0.3, -0.25) is 0 Å². The molecule has 1 rings (SSSR count). The molecule has 0 amide bonds. The third-order valence-electron chi connectivity index (χ3n) is 1.44. The Labute approximate surface area is 75.1 Å². The molecule has 2 N–H and O–H groups in total. The smallest absolute Gasteiger partial charge is 0.137 e. The van der Waals surface area contributed by atoms with E-state index in [0.717, 1.165) is 0 Å². The summed E-state index contributed by atoms with van der Waals surface area (Å²) >= 11 is 4.63. The first kappa shape index (κ1) is 8.93. The maximum Gasteiger partial charge on any atom is 0.137 e. The summed E-state index contributed by atoms with van der Waals surface area (Å²) in [4.78, 5) is 0.0511. The summed E-state index contributed by atoms with van der Waals surface area (Å²) in [6.07, 6.45) is 0. The molecule has 0 aliphatic heterocycles. The Balaban J connectivity index is 3.12. The number of hydrogen-bond acceptors (Lipinski definition) is 2. The first-order chi connectivity index (χ1) is 5.65. The predicted octanol–water partition coefficient (Wildman–Crippen LogP) is 1.47. The van der Waals surface area contributed by atoms with Crippen molar-refractivity contribution in [3.8, 4) is 5.75 Å².